The number of hydrogen-bond acceptors (Lipinski definition) is 8. The van der Waals surface area contributed by atoms with Crippen LogP contribution in [-0.2, 0) is 25.7 Å². The number of rotatable bonds is 14. The van der Waals surface area contributed by atoms with Crippen LogP contribution < -0.4 is 5.32 Å². The summed E-state index contributed by atoms with van der Waals surface area (Å²) < 4.78 is 12.8. The summed E-state index contributed by atoms with van der Waals surface area (Å²) in [6.07, 6.45) is -0.132. The molecule has 1 fully saturated rings. The maximum atomic E-state index is 12.3. The van der Waals surface area contributed by atoms with Crippen LogP contribution >= 0.6 is 0 Å². The summed E-state index contributed by atoms with van der Waals surface area (Å²) in [5.41, 5.74) is 3.81. The molecular formula is C33H40N2O8. The van der Waals surface area contributed by atoms with E-state index < -0.39 is 18.4 Å². The summed E-state index contributed by atoms with van der Waals surface area (Å²) in [6.45, 7) is 0.823. The fourth-order valence-corrected chi connectivity index (χ4v) is 5.10. The monoisotopic (exact) mass is 592 g/mol. The van der Waals surface area contributed by atoms with E-state index in [1.165, 1.54) is 0 Å². The first kappa shape index (κ1) is 32.1. The summed E-state index contributed by atoms with van der Waals surface area (Å²) in [5, 5.41) is 41.5. The Kier molecular flexibility index (Phi) is 11.7. The van der Waals surface area contributed by atoms with Crippen LogP contribution in [-0.4, -0.2) is 63.4 Å². The lowest BCUT2D eigenvalue weighted by Gasteiger charge is -2.38. The average molecular weight is 593 g/mol. The number of carbonyl (C=O) groups excluding carboxylic acids is 1. The molecular weight excluding hydrogens is 552 g/mol. The zero-order valence-electron chi connectivity index (χ0n) is 24.3. The molecule has 1 saturated heterocycles. The molecule has 10 heteroatoms. The van der Waals surface area contributed by atoms with E-state index >= 15 is 0 Å². The van der Waals surface area contributed by atoms with Crippen LogP contribution in [0.2, 0.25) is 0 Å². The Labute approximate surface area is 251 Å². The van der Waals surface area contributed by atoms with Gasteiger partial charge in [0.15, 0.2) is 6.29 Å². The standard InChI is InChI=1S/C33H40N2O8/c1-35(20-29(38)25-5-4-6-27(37)17-25)19-28-18-30(23-11-9-22(21-36)10-12-23)43-33(42-28)24-13-15-26(16-14-24)34-31(39)7-2-3-8-32(40)41/h4-6,9-17,28-30,33,36-38H,2-3,7-8,18-21H2,1H3,(H,34,39)(H,40,41)/t28-,29-,30+,33+/m1/s1. The Morgan fingerprint density at radius 3 is 2.35 bits per heavy atom. The molecule has 0 aromatic heterocycles. The second-order valence-corrected chi connectivity index (χ2v) is 11.0. The van der Waals surface area contributed by atoms with E-state index in [4.69, 9.17) is 14.6 Å². The number of carboxylic acids is 1. The maximum absolute atomic E-state index is 12.3. The molecule has 4 rings (SSSR count). The van der Waals surface area contributed by atoms with Crippen LogP contribution in [0.3, 0.4) is 0 Å². The number of benzene rings is 3. The number of hydrogen-bond donors (Lipinski definition) is 5. The molecule has 1 amide bonds. The third-order valence-corrected chi connectivity index (χ3v) is 7.38. The number of nitrogens with one attached hydrogen (secondary N) is 1. The number of ether oxygens (including phenoxy) is 2. The Morgan fingerprint density at radius 2 is 1.67 bits per heavy atom. The van der Waals surface area contributed by atoms with Gasteiger partial charge in [0, 0.05) is 43.6 Å². The van der Waals surface area contributed by atoms with E-state index in [1.807, 2.05) is 48.3 Å². The van der Waals surface area contributed by atoms with Crippen LogP contribution in [0, 0.1) is 0 Å². The van der Waals surface area contributed by atoms with Crippen molar-refractivity contribution < 1.29 is 39.5 Å². The first-order valence-electron chi connectivity index (χ1n) is 14.5. The maximum Gasteiger partial charge on any atom is 0.303 e. The fourth-order valence-electron chi connectivity index (χ4n) is 5.10. The van der Waals surface area contributed by atoms with E-state index in [0.29, 0.717) is 43.6 Å². The molecule has 0 spiro atoms. The van der Waals surface area contributed by atoms with Crippen molar-refractivity contribution in [2.24, 2.45) is 0 Å². The fraction of sp³-hybridized carbons (Fsp3) is 0.394. The highest BCUT2D eigenvalue weighted by atomic mass is 16.7. The molecule has 0 bridgehead atoms. The number of aliphatic hydroxyl groups excluding tert-OH is 2. The second-order valence-electron chi connectivity index (χ2n) is 11.0. The van der Waals surface area contributed by atoms with Gasteiger partial charge >= 0.3 is 5.97 Å². The molecule has 1 heterocycles. The molecule has 0 radical (unpaired) electrons. The van der Waals surface area contributed by atoms with Gasteiger partial charge in [-0.15, -0.1) is 0 Å². The van der Waals surface area contributed by atoms with Gasteiger partial charge < -0.3 is 40.1 Å². The van der Waals surface area contributed by atoms with Crippen molar-refractivity contribution in [2.75, 3.05) is 25.5 Å². The lowest BCUT2D eigenvalue weighted by molar-refractivity contribution is -0.252. The van der Waals surface area contributed by atoms with Crippen LogP contribution in [0.5, 0.6) is 5.75 Å². The number of likely N-dealkylation sites (N-methyl/N-ethyl adjacent to an activating group) is 1. The average Bonchev–Trinajstić information content (AvgIpc) is 2.99. The van der Waals surface area contributed by atoms with Crippen molar-refractivity contribution in [3.63, 3.8) is 0 Å². The van der Waals surface area contributed by atoms with E-state index in [0.717, 1.165) is 16.7 Å². The Balaban J connectivity index is 1.42. The minimum atomic E-state index is -0.868. The first-order valence-corrected chi connectivity index (χ1v) is 14.5. The number of carboxylic acid groups (broad SMARTS) is 1. The minimum absolute atomic E-state index is 0.0440. The molecule has 43 heavy (non-hydrogen) atoms. The molecule has 3 aromatic carbocycles. The molecule has 0 saturated carbocycles. The van der Waals surface area contributed by atoms with Crippen molar-refractivity contribution in [2.45, 2.75) is 63.3 Å². The van der Waals surface area contributed by atoms with Crippen LogP contribution in [0.15, 0.2) is 72.8 Å². The van der Waals surface area contributed by atoms with Crippen molar-refractivity contribution in [1.82, 2.24) is 4.90 Å². The SMILES string of the molecule is CN(C[C@H]1C[C@@H](c2ccc(CO)cc2)O[C@@H](c2ccc(NC(=O)CCCCC(=O)O)cc2)O1)C[C@@H](O)c1cccc(O)c1. The summed E-state index contributed by atoms with van der Waals surface area (Å²) >= 11 is 0. The third kappa shape index (κ3) is 9.87. The lowest BCUT2D eigenvalue weighted by Crippen LogP contribution is -2.39. The Morgan fingerprint density at radius 1 is 0.977 bits per heavy atom. The molecule has 0 aliphatic carbocycles. The van der Waals surface area contributed by atoms with Gasteiger partial charge in [-0.25, -0.2) is 0 Å². The largest absolute Gasteiger partial charge is 0.508 e. The van der Waals surface area contributed by atoms with Gasteiger partial charge in [0.1, 0.15) is 5.75 Å². The summed E-state index contributed by atoms with van der Waals surface area (Å²) in [7, 11) is 1.91. The Bertz CT molecular complexity index is 1330. The molecule has 4 atom stereocenters. The van der Waals surface area contributed by atoms with Gasteiger partial charge in [0.25, 0.3) is 0 Å². The zero-order valence-corrected chi connectivity index (χ0v) is 24.3. The number of aliphatic carboxylic acids is 1. The first-order chi connectivity index (χ1) is 20.7. The third-order valence-electron chi connectivity index (χ3n) is 7.38. The van der Waals surface area contributed by atoms with E-state index in [1.54, 1.807) is 36.4 Å². The van der Waals surface area contributed by atoms with Crippen molar-refractivity contribution in [3.8, 4) is 5.75 Å². The van der Waals surface area contributed by atoms with E-state index in [9.17, 15) is 24.9 Å². The number of aliphatic hydroxyl groups is 2. The zero-order chi connectivity index (χ0) is 30.8. The minimum Gasteiger partial charge on any atom is -0.508 e. The van der Waals surface area contributed by atoms with Gasteiger partial charge in [0.05, 0.1) is 24.9 Å². The smallest absolute Gasteiger partial charge is 0.303 e. The number of aromatic hydroxyl groups is 1. The predicted molar refractivity (Wildman–Crippen MR) is 160 cm³/mol. The molecule has 230 valence electrons. The summed E-state index contributed by atoms with van der Waals surface area (Å²) in [5.74, 6) is -0.941. The molecule has 1 aliphatic heterocycles. The Hall–Kier alpha value is -3.80. The number of nitrogens with zero attached hydrogens (tertiary/aromatic N) is 1. The normalized spacial score (nSPS) is 19.2. The molecule has 1 aliphatic rings. The van der Waals surface area contributed by atoms with E-state index in [-0.39, 0.29) is 43.3 Å². The lowest BCUT2D eigenvalue weighted by atomic mass is 9.99. The van der Waals surface area contributed by atoms with Gasteiger partial charge in [-0.3, -0.25) is 9.59 Å². The second kappa shape index (κ2) is 15.6. The predicted octanol–water partition coefficient (Wildman–Crippen LogP) is 4.68. The van der Waals surface area contributed by atoms with Crippen molar-refractivity contribution in [1.29, 1.82) is 0 Å². The number of phenols is 1. The summed E-state index contributed by atoms with van der Waals surface area (Å²) in [4.78, 5) is 24.9. The number of phenolic OH excluding ortho intramolecular Hbond substituents is 1. The van der Waals surface area contributed by atoms with Gasteiger partial charge in [-0.05, 0) is 60.8 Å². The topological polar surface area (TPSA) is 149 Å². The van der Waals surface area contributed by atoms with Gasteiger partial charge in [0.2, 0.25) is 5.91 Å². The molecule has 5 N–H and O–H groups in total. The highest BCUT2D eigenvalue weighted by Crippen LogP contribution is 2.38. The number of amides is 1. The highest BCUT2D eigenvalue weighted by molar-refractivity contribution is 5.90. The van der Waals surface area contributed by atoms with Crippen LogP contribution in [0.1, 0.15) is 72.9 Å². The van der Waals surface area contributed by atoms with Crippen LogP contribution in [0.25, 0.3) is 0 Å². The van der Waals surface area contributed by atoms with Gasteiger partial charge in [-0.2, -0.15) is 0 Å². The number of carbonyl (C=O) groups is 2. The van der Waals surface area contributed by atoms with Crippen LogP contribution in [0.4, 0.5) is 5.69 Å². The molecule has 3 aromatic rings. The number of unbranched alkanes of at least 4 members (excludes halogenated alkanes) is 1. The highest BCUT2D eigenvalue weighted by Gasteiger charge is 2.33. The number of anilines is 1. The van der Waals surface area contributed by atoms with E-state index in [2.05, 4.69) is 5.32 Å². The van der Waals surface area contributed by atoms with Crippen molar-refractivity contribution >= 4 is 17.6 Å². The molecule has 10 nitrogen and oxygen atoms in total. The quantitative estimate of drug-likeness (QED) is 0.168. The summed E-state index contributed by atoms with van der Waals surface area (Å²) in [6, 6.07) is 21.5. The molecule has 0 unspecified atom stereocenters. The van der Waals surface area contributed by atoms with Crippen molar-refractivity contribution in [3.05, 3.63) is 95.1 Å². The van der Waals surface area contributed by atoms with Gasteiger partial charge in [-0.1, -0.05) is 48.5 Å².